The number of carboxylic acid groups (broad SMARTS) is 1. The Labute approximate surface area is 117 Å². The molecule has 0 aromatic heterocycles. The van der Waals surface area contributed by atoms with E-state index in [-0.39, 0.29) is 6.42 Å². The van der Waals surface area contributed by atoms with Crippen LogP contribution >= 0.6 is 0 Å². The van der Waals surface area contributed by atoms with Crippen LogP contribution in [-0.4, -0.2) is 16.9 Å². The predicted molar refractivity (Wildman–Crippen MR) is 78.2 cm³/mol. The van der Waals surface area contributed by atoms with E-state index in [4.69, 9.17) is 5.11 Å². The maximum absolute atomic E-state index is 10.8. The molecule has 0 bridgehead atoms. The number of carbonyl (C=O) groups is 2. The fraction of sp³-hybridized carbons (Fsp3) is 0.750. The Bertz CT molecular complexity index is 269. The van der Waals surface area contributed by atoms with Crippen molar-refractivity contribution >= 4 is 11.8 Å². The molecule has 0 aromatic carbocycles. The summed E-state index contributed by atoms with van der Waals surface area (Å²) in [6.45, 7) is 2.22. The third-order valence-electron chi connectivity index (χ3n) is 3.15. The van der Waals surface area contributed by atoms with Gasteiger partial charge in [0.2, 0.25) is 5.78 Å². The van der Waals surface area contributed by atoms with Gasteiger partial charge < -0.3 is 5.11 Å². The van der Waals surface area contributed by atoms with Crippen LogP contribution in [0.1, 0.15) is 77.6 Å². The maximum Gasteiger partial charge on any atom is 0.372 e. The van der Waals surface area contributed by atoms with Gasteiger partial charge in [0.15, 0.2) is 0 Å². The van der Waals surface area contributed by atoms with Gasteiger partial charge in [-0.3, -0.25) is 4.79 Å². The molecule has 0 rings (SSSR count). The van der Waals surface area contributed by atoms with Gasteiger partial charge in [0.25, 0.3) is 0 Å². The summed E-state index contributed by atoms with van der Waals surface area (Å²) in [6.07, 6.45) is 16.1. The molecular weight excluding hydrogens is 240 g/mol. The van der Waals surface area contributed by atoms with E-state index < -0.39 is 11.8 Å². The van der Waals surface area contributed by atoms with Crippen LogP contribution in [0.4, 0.5) is 0 Å². The Hall–Kier alpha value is -1.12. The van der Waals surface area contributed by atoms with Gasteiger partial charge >= 0.3 is 5.97 Å². The summed E-state index contributed by atoms with van der Waals surface area (Å²) in [5.41, 5.74) is 0. The number of Topliss-reactive ketones (excluding diaryl/α,β-unsaturated/α-hetero) is 1. The molecular formula is C16H28O3. The van der Waals surface area contributed by atoms with Crippen molar-refractivity contribution in [2.24, 2.45) is 0 Å². The highest BCUT2D eigenvalue weighted by atomic mass is 16.4. The first kappa shape index (κ1) is 17.9. The van der Waals surface area contributed by atoms with Crippen LogP contribution in [0.2, 0.25) is 0 Å². The Morgan fingerprint density at radius 3 is 1.89 bits per heavy atom. The average molecular weight is 268 g/mol. The van der Waals surface area contributed by atoms with Crippen molar-refractivity contribution in [3.05, 3.63) is 12.2 Å². The van der Waals surface area contributed by atoms with Crippen LogP contribution in [0.25, 0.3) is 0 Å². The third kappa shape index (κ3) is 13.1. The largest absolute Gasteiger partial charge is 0.476 e. The van der Waals surface area contributed by atoms with Crippen molar-refractivity contribution in [1.29, 1.82) is 0 Å². The van der Waals surface area contributed by atoms with Crippen molar-refractivity contribution in [3.63, 3.8) is 0 Å². The first-order valence-electron chi connectivity index (χ1n) is 7.59. The number of carboxylic acids is 1. The predicted octanol–water partition coefficient (Wildman–Crippen LogP) is 4.51. The van der Waals surface area contributed by atoms with E-state index in [1.165, 1.54) is 32.1 Å². The zero-order chi connectivity index (χ0) is 14.3. The van der Waals surface area contributed by atoms with Crippen molar-refractivity contribution in [3.8, 4) is 0 Å². The standard InChI is InChI=1S/C16H28O3/c1-2-3-4-5-6-7-8-9-10-11-12-13-14-15(17)16(18)19/h7-8H,2-6,9-14H2,1H3,(H,18,19)/b8-7+. The van der Waals surface area contributed by atoms with Gasteiger partial charge in [0, 0.05) is 6.42 Å². The van der Waals surface area contributed by atoms with Gasteiger partial charge in [-0.2, -0.15) is 0 Å². The molecule has 0 aliphatic heterocycles. The molecule has 0 atom stereocenters. The topological polar surface area (TPSA) is 54.4 Å². The first-order valence-corrected chi connectivity index (χ1v) is 7.59. The van der Waals surface area contributed by atoms with Crippen LogP contribution in [0.3, 0.4) is 0 Å². The molecule has 0 aromatic rings. The lowest BCUT2D eigenvalue weighted by Gasteiger charge is -1.98. The van der Waals surface area contributed by atoms with Crippen molar-refractivity contribution in [2.75, 3.05) is 0 Å². The van der Waals surface area contributed by atoms with Crippen molar-refractivity contribution in [2.45, 2.75) is 77.6 Å². The molecule has 0 saturated carbocycles. The number of ketones is 1. The lowest BCUT2D eigenvalue weighted by atomic mass is 10.1. The van der Waals surface area contributed by atoms with Gasteiger partial charge in [-0.1, -0.05) is 51.2 Å². The highest BCUT2D eigenvalue weighted by molar-refractivity contribution is 6.32. The zero-order valence-corrected chi connectivity index (χ0v) is 12.2. The number of hydrogen-bond donors (Lipinski definition) is 1. The molecule has 0 radical (unpaired) electrons. The van der Waals surface area contributed by atoms with Crippen LogP contribution in [0.15, 0.2) is 12.2 Å². The molecule has 3 heteroatoms. The normalized spacial score (nSPS) is 11.0. The monoisotopic (exact) mass is 268 g/mol. The highest BCUT2D eigenvalue weighted by Gasteiger charge is 2.09. The first-order chi connectivity index (χ1) is 9.18. The van der Waals surface area contributed by atoms with E-state index in [0.29, 0.717) is 6.42 Å². The van der Waals surface area contributed by atoms with Crippen LogP contribution < -0.4 is 0 Å². The Morgan fingerprint density at radius 2 is 1.37 bits per heavy atom. The summed E-state index contributed by atoms with van der Waals surface area (Å²) < 4.78 is 0. The van der Waals surface area contributed by atoms with Crippen LogP contribution in [0.5, 0.6) is 0 Å². The number of carbonyl (C=O) groups excluding carboxylic acids is 1. The second kappa shape index (κ2) is 13.3. The molecule has 0 aliphatic carbocycles. The molecule has 3 nitrogen and oxygen atoms in total. The molecule has 0 unspecified atom stereocenters. The van der Waals surface area contributed by atoms with Gasteiger partial charge in [-0.15, -0.1) is 0 Å². The molecule has 19 heavy (non-hydrogen) atoms. The van der Waals surface area contributed by atoms with E-state index in [1.807, 2.05) is 0 Å². The number of rotatable bonds is 13. The van der Waals surface area contributed by atoms with E-state index in [2.05, 4.69) is 19.1 Å². The number of hydrogen-bond acceptors (Lipinski definition) is 2. The summed E-state index contributed by atoms with van der Waals surface area (Å²) >= 11 is 0. The summed E-state index contributed by atoms with van der Waals surface area (Å²) in [7, 11) is 0. The number of allylic oxidation sites excluding steroid dienone is 2. The zero-order valence-electron chi connectivity index (χ0n) is 12.2. The average Bonchev–Trinajstić information content (AvgIpc) is 2.39. The smallest absolute Gasteiger partial charge is 0.372 e. The van der Waals surface area contributed by atoms with E-state index in [9.17, 15) is 9.59 Å². The fourth-order valence-corrected chi connectivity index (χ4v) is 1.93. The Balaban J connectivity index is 3.20. The summed E-state index contributed by atoms with van der Waals surface area (Å²) in [4.78, 5) is 21.1. The molecule has 0 spiro atoms. The minimum Gasteiger partial charge on any atom is -0.476 e. The maximum atomic E-state index is 10.8. The second-order valence-corrected chi connectivity index (χ2v) is 5.00. The molecule has 0 amide bonds. The van der Waals surface area contributed by atoms with Crippen molar-refractivity contribution in [1.82, 2.24) is 0 Å². The van der Waals surface area contributed by atoms with Gasteiger partial charge in [0.1, 0.15) is 0 Å². The quantitative estimate of drug-likeness (QED) is 0.304. The minimum atomic E-state index is -1.30. The van der Waals surface area contributed by atoms with E-state index in [1.54, 1.807) is 0 Å². The molecule has 1 N–H and O–H groups in total. The second-order valence-electron chi connectivity index (χ2n) is 5.00. The summed E-state index contributed by atoms with van der Waals surface area (Å²) in [5, 5.41) is 8.40. The summed E-state index contributed by atoms with van der Waals surface area (Å²) in [6, 6.07) is 0. The molecule has 0 heterocycles. The van der Waals surface area contributed by atoms with Crippen LogP contribution in [-0.2, 0) is 9.59 Å². The number of unbranched alkanes of at least 4 members (excludes halogenated alkanes) is 8. The molecule has 110 valence electrons. The fourth-order valence-electron chi connectivity index (χ4n) is 1.93. The number of aliphatic carboxylic acids is 1. The van der Waals surface area contributed by atoms with Crippen molar-refractivity contribution < 1.29 is 14.7 Å². The Morgan fingerprint density at radius 1 is 0.842 bits per heavy atom. The van der Waals surface area contributed by atoms with Gasteiger partial charge in [-0.05, 0) is 32.1 Å². The third-order valence-corrected chi connectivity index (χ3v) is 3.15. The lowest BCUT2D eigenvalue weighted by Crippen LogP contribution is -2.11. The van der Waals surface area contributed by atoms with Gasteiger partial charge in [-0.25, -0.2) is 4.79 Å². The molecule has 0 saturated heterocycles. The SMILES string of the molecule is CCCCCC/C=C/CCCCCCC(=O)C(=O)O. The highest BCUT2D eigenvalue weighted by Crippen LogP contribution is 2.08. The van der Waals surface area contributed by atoms with E-state index >= 15 is 0 Å². The summed E-state index contributed by atoms with van der Waals surface area (Å²) in [5.74, 6) is -1.96. The lowest BCUT2D eigenvalue weighted by molar-refractivity contribution is -0.149. The molecule has 0 aliphatic rings. The minimum absolute atomic E-state index is 0.183. The van der Waals surface area contributed by atoms with Crippen LogP contribution in [0, 0.1) is 0 Å². The molecule has 0 fully saturated rings. The Kier molecular flexibility index (Phi) is 12.5. The van der Waals surface area contributed by atoms with E-state index in [0.717, 1.165) is 25.7 Å². The van der Waals surface area contributed by atoms with Gasteiger partial charge in [0.05, 0.1) is 0 Å².